The molecule has 8 unspecified atom stereocenters. The molecule has 1 saturated heterocycles. The van der Waals surface area contributed by atoms with E-state index in [9.17, 15) is 33.6 Å². The van der Waals surface area contributed by atoms with Crippen molar-refractivity contribution in [1.29, 1.82) is 0 Å². The number of carbonyl (C=O) groups excluding carboxylic acids is 7. The number of nitrogens with one attached hydrogen (secondary N) is 8. The fourth-order valence-electron chi connectivity index (χ4n) is 8.69. The third kappa shape index (κ3) is 12.9. The molecular weight excluding hydrogens is 803 g/mol. The minimum absolute atomic E-state index is 0.0180. The van der Waals surface area contributed by atoms with Gasteiger partial charge in [-0.05, 0) is 113 Å². The Bertz CT molecular complexity index is 1970. The van der Waals surface area contributed by atoms with E-state index < -0.39 is 77.6 Å². The first-order valence-electron chi connectivity index (χ1n) is 22.6. The van der Waals surface area contributed by atoms with E-state index in [-0.39, 0.29) is 36.9 Å². The predicted molar refractivity (Wildman–Crippen MR) is 240 cm³/mol. The second-order valence-corrected chi connectivity index (χ2v) is 18.3. The molecule has 0 aromatic heterocycles. The smallest absolute Gasteiger partial charge is 0.246 e. The van der Waals surface area contributed by atoms with E-state index in [1.54, 1.807) is 27.9 Å². The zero-order valence-electron chi connectivity index (χ0n) is 38.0. The summed E-state index contributed by atoms with van der Waals surface area (Å²) >= 11 is 0. The van der Waals surface area contributed by atoms with E-state index in [0.717, 1.165) is 48.8 Å². The van der Waals surface area contributed by atoms with Gasteiger partial charge in [0.05, 0.1) is 30.6 Å². The highest BCUT2D eigenvalue weighted by Crippen LogP contribution is 2.31. The lowest BCUT2D eigenvalue weighted by Crippen LogP contribution is -2.60. The van der Waals surface area contributed by atoms with Crippen LogP contribution in [0.3, 0.4) is 0 Å². The Morgan fingerprint density at radius 1 is 0.667 bits per heavy atom. The van der Waals surface area contributed by atoms with Crippen LogP contribution in [0.1, 0.15) is 120 Å². The SMILES string of the molecule is CNC(C)C(=O)NC(CC(=O)NCCC(NC(=O)C(NC(=O)C(C)NC)C(C)(C)C)C(=O)NC1CCCc2ccccc21)C(=O)N1CCCC1C(=O)NC1CCCc2ccccc21. The number of benzene rings is 2. The molecule has 0 bridgehead atoms. The van der Waals surface area contributed by atoms with E-state index in [1.165, 1.54) is 10.5 Å². The third-order valence-corrected chi connectivity index (χ3v) is 12.7. The van der Waals surface area contributed by atoms with Gasteiger partial charge in [0.2, 0.25) is 41.4 Å². The first kappa shape index (κ1) is 48.7. The number of fused-ring (bicyclic) bond motifs is 2. The first-order chi connectivity index (χ1) is 30.0. The number of hydrogen-bond donors (Lipinski definition) is 8. The van der Waals surface area contributed by atoms with Crippen LogP contribution in [0.2, 0.25) is 0 Å². The number of hydrogen-bond acceptors (Lipinski definition) is 9. The number of likely N-dealkylation sites (tertiary alicyclic amines) is 1. The number of likely N-dealkylation sites (N-methyl/N-ethyl adjacent to an activating group) is 2. The Balaban J connectivity index is 1.29. The zero-order chi connectivity index (χ0) is 45.8. The standard InChI is InChI=1S/C47H69N9O7/c1-28(48-6)41(58)54-37(46(63)56-26-14-23-38(56)44(61)52-35-22-13-18-31-16-9-11-20-33(31)35)27-39(57)50-25-24-36(43(60)51-34-21-12-17-30-15-8-10-19-32(30)34)53-45(62)40(47(3,4)5)55-42(59)29(2)49-7/h8-11,15-16,19-20,28-29,34-38,40,48-49H,12-14,17-18,21-27H2,1-7H3,(H,50,57)(H,51,60)(H,52,61)(H,53,62)(H,54,58)(H,55,59). The van der Waals surface area contributed by atoms with Crippen LogP contribution in [0.5, 0.6) is 0 Å². The summed E-state index contributed by atoms with van der Waals surface area (Å²) in [7, 11) is 3.25. The summed E-state index contributed by atoms with van der Waals surface area (Å²) in [4.78, 5) is 97.5. The Hall–Kier alpha value is -5.35. The molecule has 3 aliphatic rings. The van der Waals surface area contributed by atoms with Crippen molar-refractivity contribution >= 4 is 41.4 Å². The molecule has 8 atom stereocenters. The summed E-state index contributed by atoms with van der Waals surface area (Å²) in [6.45, 7) is 8.98. The fourth-order valence-corrected chi connectivity index (χ4v) is 8.69. The molecule has 1 aliphatic heterocycles. The van der Waals surface area contributed by atoms with Crippen LogP contribution in [0.25, 0.3) is 0 Å². The Morgan fingerprint density at radius 3 is 1.78 bits per heavy atom. The maximum Gasteiger partial charge on any atom is 0.246 e. The highest BCUT2D eigenvalue weighted by molar-refractivity contribution is 5.96. The van der Waals surface area contributed by atoms with Gasteiger partial charge in [-0.25, -0.2) is 0 Å². The molecule has 16 nitrogen and oxygen atoms in total. The van der Waals surface area contributed by atoms with E-state index in [0.29, 0.717) is 25.8 Å². The van der Waals surface area contributed by atoms with Gasteiger partial charge in [0.1, 0.15) is 24.2 Å². The molecule has 5 rings (SSSR count). The molecule has 63 heavy (non-hydrogen) atoms. The minimum atomic E-state index is -1.28. The molecule has 2 aromatic carbocycles. The maximum atomic E-state index is 14.3. The summed E-state index contributed by atoms with van der Waals surface area (Å²) in [6.07, 6.45) is 5.73. The number of amides is 7. The first-order valence-corrected chi connectivity index (χ1v) is 22.6. The number of rotatable bonds is 18. The fraction of sp³-hybridized carbons (Fsp3) is 0.596. The topological polar surface area (TPSA) is 219 Å². The minimum Gasteiger partial charge on any atom is -0.356 e. The van der Waals surface area contributed by atoms with E-state index >= 15 is 0 Å². The van der Waals surface area contributed by atoms with Gasteiger partial charge in [0, 0.05) is 13.1 Å². The Morgan fingerprint density at radius 2 is 1.21 bits per heavy atom. The lowest BCUT2D eigenvalue weighted by atomic mass is 9.85. The summed E-state index contributed by atoms with van der Waals surface area (Å²) in [5.74, 6) is -3.25. The van der Waals surface area contributed by atoms with Gasteiger partial charge in [0.25, 0.3) is 0 Å². The molecule has 2 aromatic rings. The normalized spacial score (nSPS) is 20.6. The molecule has 2 aliphatic carbocycles. The van der Waals surface area contributed by atoms with Crippen molar-refractivity contribution in [2.45, 2.75) is 147 Å². The van der Waals surface area contributed by atoms with Crippen molar-refractivity contribution in [2.75, 3.05) is 27.2 Å². The van der Waals surface area contributed by atoms with Crippen LogP contribution in [0, 0.1) is 5.41 Å². The summed E-state index contributed by atoms with van der Waals surface area (Å²) < 4.78 is 0. The quantitative estimate of drug-likeness (QED) is 0.110. The predicted octanol–water partition coefficient (Wildman–Crippen LogP) is 1.98. The largest absolute Gasteiger partial charge is 0.356 e. The molecule has 0 radical (unpaired) electrons. The van der Waals surface area contributed by atoms with Crippen LogP contribution >= 0.6 is 0 Å². The molecule has 344 valence electrons. The molecule has 0 spiro atoms. The number of aryl methyl sites for hydroxylation is 2. The molecular formula is C47H69N9O7. The van der Waals surface area contributed by atoms with Gasteiger partial charge >= 0.3 is 0 Å². The maximum absolute atomic E-state index is 14.3. The summed E-state index contributed by atoms with van der Waals surface area (Å²) in [5.41, 5.74) is 3.71. The lowest BCUT2D eigenvalue weighted by molar-refractivity contribution is -0.143. The van der Waals surface area contributed by atoms with Gasteiger partial charge in [-0.3, -0.25) is 33.6 Å². The molecule has 16 heteroatoms. The van der Waals surface area contributed by atoms with Gasteiger partial charge < -0.3 is 47.4 Å². The molecule has 7 amide bonds. The van der Waals surface area contributed by atoms with Crippen molar-refractivity contribution < 1.29 is 33.6 Å². The van der Waals surface area contributed by atoms with Crippen molar-refractivity contribution in [2.24, 2.45) is 5.41 Å². The summed E-state index contributed by atoms with van der Waals surface area (Å²) in [6, 6.07) is 10.1. The number of carbonyl (C=O) groups is 7. The van der Waals surface area contributed by atoms with Crippen LogP contribution in [0.4, 0.5) is 0 Å². The molecule has 0 saturated carbocycles. The van der Waals surface area contributed by atoms with Crippen molar-refractivity contribution in [1.82, 2.24) is 47.4 Å². The third-order valence-electron chi connectivity index (χ3n) is 12.7. The molecule has 1 heterocycles. The molecule has 1 fully saturated rings. The van der Waals surface area contributed by atoms with Crippen LogP contribution in [-0.4, -0.2) is 110 Å². The highest BCUT2D eigenvalue weighted by Gasteiger charge is 2.40. The second kappa shape index (κ2) is 22.3. The highest BCUT2D eigenvalue weighted by atomic mass is 16.2. The van der Waals surface area contributed by atoms with Gasteiger partial charge in [-0.15, -0.1) is 0 Å². The van der Waals surface area contributed by atoms with E-state index in [1.807, 2.05) is 63.2 Å². The Kier molecular flexibility index (Phi) is 17.2. The van der Waals surface area contributed by atoms with Crippen LogP contribution in [0.15, 0.2) is 48.5 Å². The van der Waals surface area contributed by atoms with Crippen LogP contribution in [-0.2, 0) is 46.4 Å². The average molecular weight is 872 g/mol. The Labute approximate surface area is 372 Å². The number of nitrogens with zero attached hydrogens (tertiary/aromatic N) is 1. The van der Waals surface area contributed by atoms with Crippen LogP contribution < -0.4 is 42.5 Å². The summed E-state index contributed by atoms with van der Waals surface area (Å²) in [5, 5.41) is 23.3. The van der Waals surface area contributed by atoms with Crippen molar-refractivity contribution in [3.8, 4) is 0 Å². The molecule has 8 N–H and O–H groups in total. The van der Waals surface area contributed by atoms with E-state index in [4.69, 9.17) is 0 Å². The van der Waals surface area contributed by atoms with Gasteiger partial charge in [0.15, 0.2) is 0 Å². The second-order valence-electron chi connectivity index (χ2n) is 18.3. The zero-order valence-corrected chi connectivity index (χ0v) is 38.0. The average Bonchev–Trinajstić information content (AvgIpc) is 3.77. The lowest BCUT2D eigenvalue weighted by Gasteiger charge is -2.33. The van der Waals surface area contributed by atoms with Gasteiger partial charge in [-0.1, -0.05) is 69.3 Å². The van der Waals surface area contributed by atoms with E-state index in [2.05, 4.69) is 48.6 Å². The van der Waals surface area contributed by atoms with Crippen molar-refractivity contribution in [3.05, 3.63) is 70.8 Å². The monoisotopic (exact) mass is 872 g/mol. The van der Waals surface area contributed by atoms with Crippen molar-refractivity contribution in [3.63, 3.8) is 0 Å². The van der Waals surface area contributed by atoms with Gasteiger partial charge in [-0.2, -0.15) is 0 Å².